The predicted octanol–water partition coefficient (Wildman–Crippen LogP) is 2.43. The number of nitrogens with one attached hydrogen (secondary N) is 2. The Morgan fingerprint density at radius 3 is 2.50 bits per heavy atom. The number of guanidine groups is 1. The van der Waals surface area contributed by atoms with E-state index in [-0.39, 0.29) is 42.0 Å². The molecule has 1 aromatic carbocycles. The zero-order valence-electron chi connectivity index (χ0n) is 16.3. The zero-order chi connectivity index (χ0) is 18.7. The Balaban J connectivity index is 0.00000625. The normalized spacial score (nSPS) is 11.6. The smallest absolute Gasteiger partial charge is 0.191 e. The molecular formula is C18H33IN4O2S. The highest BCUT2D eigenvalue weighted by Crippen LogP contribution is 2.14. The van der Waals surface area contributed by atoms with E-state index in [0.29, 0.717) is 5.96 Å². The third-order valence-electron chi connectivity index (χ3n) is 3.88. The van der Waals surface area contributed by atoms with Crippen molar-refractivity contribution in [1.82, 2.24) is 10.6 Å². The van der Waals surface area contributed by atoms with Crippen LogP contribution < -0.4 is 15.5 Å². The molecule has 0 amide bonds. The summed E-state index contributed by atoms with van der Waals surface area (Å²) < 4.78 is 23.1. The van der Waals surface area contributed by atoms with Crippen LogP contribution in [-0.4, -0.2) is 58.6 Å². The van der Waals surface area contributed by atoms with Gasteiger partial charge in [0, 0.05) is 37.6 Å². The fourth-order valence-corrected chi connectivity index (χ4v) is 3.04. The third kappa shape index (κ3) is 9.61. The molecule has 0 aliphatic heterocycles. The lowest BCUT2D eigenvalue weighted by atomic mass is 10.2. The van der Waals surface area contributed by atoms with E-state index < -0.39 is 9.84 Å². The van der Waals surface area contributed by atoms with Gasteiger partial charge in [0.05, 0.1) is 12.3 Å². The van der Waals surface area contributed by atoms with Crippen molar-refractivity contribution < 1.29 is 8.42 Å². The molecule has 0 fully saturated rings. The van der Waals surface area contributed by atoms with Crippen molar-refractivity contribution in [2.24, 2.45) is 4.99 Å². The van der Waals surface area contributed by atoms with Crippen molar-refractivity contribution in [3.8, 4) is 0 Å². The topological polar surface area (TPSA) is 73.8 Å². The van der Waals surface area contributed by atoms with Gasteiger partial charge in [0.2, 0.25) is 0 Å². The SMILES string of the molecule is CCNC(=NCCS(=O)(=O)CC)NCCN(CC)c1cccc(C)c1.I. The number of halogens is 1. The number of anilines is 1. The number of hydrogen-bond acceptors (Lipinski definition) is 4. The highest BCUT2D eigenvalue weighted by atomic mass is 127. The first kappa shape index (κ1) is 25.0. The van der Waals surface area contributed by atoms with E-state index >= 15 is 0 Å². The minimum Gasteiger partial charge on any atom is -0.370 e. The van der Waals surface area contributed by atoms with E-state index in [0.717, 1.165) is 26.2 Å². The fourth-order valence-electron chi connectivity index (χ4n) is 2.39. The summed E-state index contributed by atoms with van der Waals surface area (Å²) in [6, 6.07) is 8.46. The van der Waals surface area contributed by atoms with E-state index in [2.05, 4.69) is 58.6 Å². The zero-order valence-corrected chi connectivity index (χ0v) is 19.4. The van der Waals surface area contributed by atoms with Gasteiger partial charge in [-0.1, -0.05) is 19.1 Å². The number of nitrogens with zero attached hydrogens (tertiary/aromatic N) is 2. The molecule has 150 valence electrons. The van der Waals surface area contributed by atoms with Crippen LogP contribution in [-0.2, 0) is 9.84 Å². The maximum atomic E-state index is 11.5. The highest BCUT2D eigenvalue weighted by Gasteiger charge is 2.07. The third-order valence-corrected chi connectivity index (χ3v) is 5.56. The number of aryl methyl sites for hydroxylation is 1. The summed E-state index contributed by atoms with van der Waals surface area (Å²) in [6.45, 7) is 11.4. The van der Waals surface area contributed by atoms with Gasteiger partial charge in [-0.05, 0) is 38.5 Å². The molecule has 0 aromatic heterocycles. The molecule has 6 nitrogen and oxygen atoms in total. The molecule has 0 saturated carbocycles. The lowest BCUT2D eigenvalue weighted by Gasteiger charge is -2.24. The molecule has 0 spiro atoms. The van der Waals surface area contributed by atoms with Crippen molar-refractivity contribution >= 4 is 45.5 Å². The van der Waals surface area contributed by atoms with Crippen molar-refractivity contribution in [2.75, 3.05) is 49.1 Å². The summed E-state index contributed by atoms with van der Waals surface area (Å²) in [7, 11) is -2.98. The van der Waals surface area contributed by atoms with Gasteiger partial charge < -0.3 is 15.5 Å². The first-order valence-corrected chi connectivity index (χ1v) is 10.8. The van der Waals surface area contributed by atoms with Gasteiger partial charge in [-0.25, -0.2) is 8.42 Å². The predicted molar refractivity (Wildman–Crippen MR) is 123 cm³/mol. The van der Waals surface area contributed by atoms with Gasteiger partial charge in [0.1, 0.15) is 0 Å². The summed E-state index contributed by atoms with van der Waals surface area (Å²) in [6.07, 6.45) is 0. The van der Waals surface area contributed by atoms with Crippen LogP contribution in [0, 0.1) is 6.92 Å². The van der Waals surface area contributed by atoms with Crippen LogP contribution in [0.15, 0.2) is 29.3 Å². The summed E-state index contributed by atoms with van der Waals surface area (Å²) in [5.41, 5.74) is 2.45. The van der Waals surface area contributed by atoms with E-state index in [9.17, 15) is 8.42 Å². The maximum absolute atomic E-state index is 11.5. The van der Waals surface area contributed by atoms with Gasteiger partial charge in [-0.3, -0.25) is 4.99 Å². The van der Waals surface area contributed by atoms with E-state index in [1.807, 2.05) is 6.92 Å². The van der Waals surface area contributed by atoms with Crippen LogP contribution in [0.25, 0.3) is 0 Å². The summed E-state index contributed by atoms with van der Waals surface area (Å²) >= 11 is 0. The summed E-state index contributed by atoms with van der Waals surface area (Å²) in [4.78, 5) is 6.65. The summed E-state index contributed by atoms with van der Waals surface area (Å²) in [5.74, 6) is 0.910. The Morgan fingerprint density at radius 1 is 1.19 bits per heavy atom. The minimum absolute atomic E-state index is 0. The molecule has 0 unspecified atom stereocenters. The lowest BCUT2D eigenvalue weighted by Crippen LogP contribution is -2.42. The number of sulfone groups is 1. The molecular weight excluding hydrogens is 463 g/mol. The molecule has 0 bridgehead atoms. The Bertz CT molecular complexity index is 650. The molecule has 26 heavy (non-hydrogen) atoms. The van der Waals surface area contributed by atoms with E-state index in [1.165, 1.54) is 11.3 Å². The van der Waals surface area contributed by atoms with Gasteiger partial charge in [0.15, 0.2) is 15.8 Å². The Kier molecular flexibility index (Phi) is 12.7. The van der Waals surface area contributed by atoms with Crippen LogP contribution in [0.4, 0.5) is 5.69 Å². The largest absolute Gasteiger partial charge is 0.370 e. The molecule has 0 radical (unpaired) electrons. The van der Waals surface area contributed by atoms with E-state index in [4.69, 9.17) is 0 Å². The molecule has 0 aliphatic rings. The van der Waals surface area contributed by atoms with Gasteiger partial charge in [-0.2, -0.15) is 0 Å². The van der Waals surface area contributed by atoms with Gasteiger partial charge in [0.25, 0.3) is 0 Å². The number of rotatable bonds is 10. The van der Waals surface area contributed by atoms with Crippen molar-refractivity contribution in [1.29, 1.82) is 0 Å². The molecule has 0 aliphatic carbocycles. The molecule has 2 N–H and O–H groups in total. The first-order valence-electron chi connectivity index (χ1n) is 8.96. The molecule has 8 heteroatoms. The summed E-state index contributed by atoms with van der Waals surface area (Å²) in [5, 5.41) is 6.43. The van der Waals surface area contributed by atoms with Crippen LogP contribution in [0.1, 0.15) is 26.3 Å². The monoisotopic (exact) mass is 496 g/mol. The lowest BCUT2D eigenvalue weighted by molar-refractivity contribution is 0.597. The van der Waals surface area contributed by atoms with Crippen LogP contribution in [0.2, 0.25) is 0 Å². The fraction of sp³-hybridized carbons (Fsp3) is 0.611. The Morgan fingerprint density at radius 2 is 1.92 bits per heavy atom. The van der Waals surface area contributed by atoms with Crippen molar-refractivity contribution in [3.63, 3.8) is 0 Å². The average molecular weight is 496 g/mol. The van der Waals surface area contributed by atoms with Crippen molar-refractivity contribution in [3.05, 3.63) is 29.8 Å². The standard InChI is InChI=1S/C18H32N4O2S.HI/c1-5-19-18(21-12-14-25(23,24)7-3)20-11-13-22(6-2)17-10-8-9-16(4)15-17;/h8-10,15H,5-7,11-14H2,1-4H3,(H2,19,20,21);1H. The highest BCUT2D eigenvalue weighted by molar-refractivity contribution is 14.0. The number of hydrogen-bond donors (Lipinski definition) is 2. The van der Waals surface area contributed by atoms with Gasteiger partial charge in [-0.15, -0.1) is 24.0 Å². The second-order valence-electron chi connectivity index (χ2n) is 5.84. The van der Waals surface area contributed by atoms with Gasteiger partial charge >= 0.3 is 0 Å². The molecule has 1 aromatic rings. The van der Waals surface area contributed by atoms with Crippen LogP contribution >= 0.6 is 24.0 Å². The minimum atomic E-state index is -2.98. The number of likely N-dealkylation sites (N-methyl/N-ethyl adjacent to an activating group) is 1. The molecule has 0 atom stereocenters. The van der Waals surface area contributed by atoms with Crippen LogP contribution in [0.3, 0.4) is 0 Å². The Labute approximate surface area is 175 Å². The second-order valence-corrected chi connectivity index (χ2v) is 8.32. The van der Waals surface area contributed by atoms with Crippen LogP contribution in [0.5, 0.6) is 0 Å². The Hall–Kier alpha value is -1.03. The first-order chi connectivity index (χ1) is 11.9. The number of benzene rings is 1. The average Bonchev–Trinajstić information content (AvgIpc) is 2.58. The molecule has 1 rings (SSSR count). The molecule has 0 heterocycles. The maximum Gasteiger partial charge on any atom is 0.191 e. The quantitative estimate of drug-likeness (QED) is 0.296. The second kappa shape index (κ2) is 13.2. The van der Waals surface area contributed by atoms with E-state index in [1.54, 1.807) is 6.92 Å². The van der Waals surface area contributed by atoms with Crippen molar-refractivity contribution in [2.45, 2.75) is 27.7 Å². The number of aliphatic imine (C=N–C) groups is 1. The molecule has 0 saturated heterocycles.